The molecule has 4 N–H and O–H groups in total. The molecule has 0 heterocycles. The summed E-state index contributed by atoms with van der Waals surface area (Å²) in [6.45, 7) is 1.77. The van der Waals surface area contributed by atoms with Gasteiger partial charge in [0.1, 0.15) is 0 Å². The zero-order valence-electron chi connectivity index (χ0n) is 22.0. The van der Waals surface area contributed by atoms with E-state index in [1.54, 1.807) is 36.4 Å². The second kappa shape index (κ2) is 12.8. The summed E-state index contributed by atoms with van der Waals surface area (Å²) in [6.07, 6.45) is -4.53. The smallest absolute Gasteiger partial charge is 0.376 e. The molecule has 4 rings (SSSR count). The lowest BCUT2D eigenvalue weighted by Gasteiger charge is -2.15. The van der Waals surface area contributed by atoms with Crippen LogP contribution in [0.25, 0.3) is 0 Å². The van der Waals surface area contributed by atoms with Gasteiger partial charge in [-0.2, -0.15) is 13.2 Å². The van der Waals surface area contributed by atoms with Crippen LogP contribution in [0.2, 0.25) is 0 Å². The van der Waals surface area contributed by atoms with Crippen molar-refractivity contribution in [2.24, 2.45) is 0 Å². The summed E-state index contributed by atoms with van der Waals surface area (Å²) >= 11 is 0. The molecule has 0 bridgehead atoms. The lowest BCUT2D eigenvalue weighted by Crippen LogP contribution is -2.26. The van der Waals surface area contributed by atoms with Gasteiger partial charge in [0.05, 0.1) is 18.2 Å². The van der Waals surface area contributed by atoms with E-state index in [9.17, 15) is 27.6 Å². The van der Waals surface area contributed by atoms with Crippen molar-refractivity contribution in [2.75, 3.05) is 22.5 Å². The summed E-state index contributed by atoms with van der Waals surface area (Å²) in [5, 5.41) is 11.0. The number of benzene rings is 4. The molecule has 4 aromatic rings. The summed E-state index contributed by atoms with van der Waals surface area (Å²) in [7, 11) is 0. The Bertz CT molecular complexity index is 1540. The third-order valence-electron chi connectivity index (χ3n) is 6.08. The number of hydrogen-bond donors (Lipinski definition) is 4. The molecule has 1 unspecified atom stereocenters. The first-order valence-electron chi connectivity index (χ1n) is 12.7. The first-order chi connectivity index (χ1) is 19.6. The van der Waals surface area contributed by atoms with Crippen LogP contribution in [0.4, 0.5) is 30.2 Å². The van der Waals surface area contributed by atoms with E-state index in [1.165, 1.54) is 24.3 Å². The number of rotatable bonds is 9. The van der Waals surface area contributed by atoms with Crippen LogP contribution < -0.4 is 21.3 Å². The Hall–Kier alpha value is -5.12. The quantitative estimate of drug-likeness (QED) is 0.188. The van der Waals surface area contributed by atoms with Crippen LogP contribution in [0.3, 0.4) is 0 Å². The highest BCUT2D eigenvalue weighted by Gasteiger charge is 2.30. The molecule has 0 saturated heterocycles. The lowest BCUT2D eigenvalue weighted by atomic mass is 10.1. The minimum absolute atomic E-state index is 0.00565. The highest BCUT2D eigenvalue weighted by Crippen LogP contribution is 2.30. The second-order valence-electron chi connectivity index (χ2n) is 9.20. The molecule has 0 aliphatic carbocycles. The molecule has 0 radical (unpaired) electrons. The monoisotopic (exact) mass is 560 g/mol. The van der Waals surface area contributed by atoms with Crippen molar-refractivity contribution in [2.45, 2.75) is 19.1 Å². The highest BCUT2D eigenvalue weighted by molar-refractivity contribution is 6.05. The molecule has 210 valence electrons. The van der Waals surface area contributed by atoms with Gasteiger partial charge in [0.15, 0.2) is 0 Å². The summed E-state index contributed by atoms with van der Waals surface area (Å²) in [5.74, 6) is -1.29. The van der Waals surface area contributed by atoms with Gasteiger partial charge in [-0.3, -0.25) is 14.4 Å². The number of anilines is 3. The van der Waals surface area contributed by atoms with Crippen molar-refractivity contribution in [3.05, 3.63) is 125 Å². The first-order valence-corrected chi connectivity index (χ1v) is 12.7. The van der Waals surface area contributed by atoms with Gasteiger partial charge in [-0.1, -0.05) is 48.5 Å². The normalized spacial score (nSPS) is 11.7. The number of halogens is 3. The van der Waals surface area contributed by atoms with Crippen LogP contribution in [-0.2, 0) is 11.0 Å². The molecule has 7 nitrogen and oxygen atoms in total. The molecule has 1 atom stereocenters. The number of nitrogens with one attached hydrogen (secondary N) is 4. The minimum Gasteiger partial charge on any atom is -0.376 e. The second-order valence-corrected chi connectivity index (χ2v) is 9.20. The summed E-state index contributed by atoms with van der Waals surface area (Å²) < 4.78 is 38.9. The molecular formula is C31H27F3N4O3. The largest absolute Gasteiger partial charge is 0.416 e. The molecule has 41 heavy (non-hydrogen) atoms. The molecule has 0 aromatic heterocycles. The van der Waals surface area contributed by atoms with Gasteiger partial charge in [0, 0.05) is 28.2 Å². The van der Waals surface area contributed by atoms with Crippen molar-refractivity contribution in [1.82, 2.24) is 5.32 Å². The molecule has 10 heteroatoms. The Morgan fingerprint density at radius 2 is 1.27 bits per heavy atom. The van der Waals surface area contributed by atoms with Gasteiger partial charge in [-0.25, -0.2) is 0 Å². The maximum Gasteiger partial charge on any atom is 0.416 e. The maximum absolute atomic E-state index is 13.0. The van der Waals surface area contributed by atoms with E-state index >= 15 is 0 Å². The maximum atomic E-state index is 13.0. The van der Waals surface area contributed by atoms with E-state index in [-0.39, 0.29) is 29.7 Å². The molecule has 0 saturated carbocycles. The molecule has 0 aliphatic heterocycles. The Labute approximate surface area is 234 Å². The minimum atomic E-state index is -4.53. The Morgan fingerprint density at radius 3 is 1.95 bits per heavy atom. The SMILES string of the molecule is CC(NC(=O)c1cccc(NCC(=O)Nc2cccc(C(=O)Nc3cccc(C(F)(F)F)c3)c2)c1)c1ccccc1. The van der Waals surface area contributed by atoms with Crippen LogP contribution in [0.15, 0.2) is 103 Å². The average Bonchev–Trinajstić information content (AvgIpc) is 2.96. The summed E-state index contributed by atoms with van der Waals surface area (Å²) in [5.41, 5.74) is 1.56. The number of carbonyl (C=O) groups is 3. The molecule has 0 aliphatic rings. The van der Waals surface area contributed by atoms with Crippen LogP contribution in [0, 0.1) is 0 Å². The van der Waals surface area contributed by atoms with E-state index in [2.05, 4.69) is 21.3 Å². The topological polar surface area (TPSA) is 99.3 Å². The third-order valence-corrected chi connectivity index (χ3v) is 6.08. The van der Waals surface area contributed by atoms with E-state index < -0.39 is 23.6 Å². The standard InChI is InChI=1S/C31H27F3N4O3/c1-20(21-8-3-2-4-9-21)36-29(40)22-10-5-13-25(16-22)35-19-28(39)37-26-14-6-11-23(17-26)30(41)38-27-15-7-12-24(18-27)31(32,33)34/h2-18,20,35H,19H2,1H3,(H,36,40)(H,37,39)(H,38,41). The summed E-state index contributed by atoms with van der Waals surface area (Å²) in [4.78, 5) is 37.9. The van der Waals surface area contributed by atoms with Crippen LogP contribution in [0.5, 0.6) is 0 Å². The Kier molecular flexibility index (Phi) is 9.03. The number of amides is 3. The van der Waals surface area contributed by atoms with Gasteiger partial charge in [-0.05, 0) is 67.1 Å². The predicted molar refractivity (Wildman–Crippen MR) is 152 cm³/mol. The van der Waals surface area contributed by atoms with Gasteiger partial charge >= 0.3 is 6.18 Å². The highest BCUT2D eigenvalue weighted by atomic mass is 19.4. The van der Waals surface area contributed by atoms with E-state index in [0.29, 0.717) is 16.9 Å². The van der Waals surface area contributed by atoms with Crippen molar-refractivity contribution in [3.8, 4) is 0 Å². The Morgan fingerprint density at radius 1 is 0.683 bits per heavy atom. The van der Waals surface area contributed by atoms with Crippen molar-refractivity contribution in [3.63, 3.8) is 0 Å². The molecule has 4 aromatic carbocycles. The predicted octanol–water partition coefficient (Wildman–Crippen LogP) is 6.50. The van der Waals surface area contributed by atoms with E-state index in [4.69, 9.17) is 0 Å². The third kappa shape index (κ3) is 8.18. The fraction of sp³-hybridized carbons (Fsp3) is 0.129. The number of hydrogen-bond acceptors (Lipinski definition) is 4. The van der Waals surface area contributed by atoms with Gasteiger partial charge in [-0.15, -0.1) is 0 Å². The molecular weight excluding hydrogens is 533 g/mol. The fourth-order valence-electron chi connectivity index (χ4n) is 3.98. The molecule has 3 amide bonds. The first kappa shape index (κ1) is 28.9. The van der Waals surface area contributed by atoms with Gasteiger partial charge < -0.3 is 21.3 Å². The van der Waals surface area contributed by atoms with Crippen molar-refractivity contribution in [1.29, 1.82) is 0 Å². The van der Waals surface area contributed by atoms with E-state index in [0.717, 1.165) is 17.7 Å². The zero-order chi connectivity index (χ0) is 29.4. The van der Waals surface area contributed by atoms with Gasteiger partial charge in [0.2, 0.25) is 5.91 Å². The fourth-order valence-corrected chi connectivity index (χ4v) is 3.98. The Balaban J connectivity index is 1.31. The molecule has 0 fully saturated rings. The summed E-state index contributed by atoms with van der Waals surface area (Å²) in [6, 6.07) is 26.5. The zero-order valence-corrected chi connectivity index (χ0v) is 22.0. The number of carbonyl (C=O) groups excluding carboxylic acids is 3. The lowest BCUT2D eigenvalue weighted by molar-refractivity contribution is -0.137. The molecule has 0 spiro atoms. The van der Waals surface area contributed by atoms with Crippen LogP contribution >= 0.6 is 0 Å². The van der Waals surface area contributed by atoms with Crippen molar-refractivity contribution >= 4 is 34.8 Å². The average molecular weight is 561 g/mol. The number of alkyl halides is 3. The van der Waals surface area contributed by atoms with Crippen LogP contribution in [-0.4, -0.2) is 24.3 Å². The van der Waals surface area contributed by atoms with Gasteiger partial charge in [0.25, 0.3) is 11.8 Å². The van der Waals surface area contributed by atoms with Crippen LogP contribution in [0.1, 0.15) is 44.8 Å². The van der Waals surface area contributed by atoms with E-state index in [1.807, 2.05) is 37.3 Å². The van der Waals surface area contributed by atoms with Crippen molar-refractivity contribution < 1.29 is 27.6 Å².